The highest BCUT2D eigenvalue weighted by molar-refractivity contribution is 7.10. The van der Waals surface area contributed by atoms with Gasteiger partial charge in [-0.3, -0.25) is 4.79 Å². The predicted octanol–water partition coefficient (Wildman–Crippen LogP) is 6.01. The van der Waals surface area contributed by atoms with Crippen molar-refractivity contribution in [3.63, 3.8) is 0 Å². The number of carbonyl (C=O) groups excluding carboxylic acids is 1. The summed E-state index contributed by atoms with van der Waals surface area (Å²) < 4.78 is 16.9. The van der Waals surface area contributed by atoms with Gasteiger partial charge in [-0.15, -0.1) is 11.3 Å². The van der Waals surface area contributed by atoms with Gasteiger partial charge in [-0.2, -0.15) is 0 Å². The van der Waals surface area contributed by atoms with Crippen LogP contribution in [0.15, 0.2) is 76.5 Å². The minimum atomic E-state index is -0.716. The highest BCUT2D eigenvalue weighted by atomic mass is 32.1. The average molecular weight is 462 g/mol. The van der Waals surface area contributed by atoms with E-state index >= 15 is 0 Å². The van der Waals surface area contributed by atoms with Crippen molar-refractivity contribution in [1.82, 2.24) is 4.98 Å². The normalized spacial score (nSPS) is 12.8. The second-order valence-corrected chi connectivity index (χ2v) is 9.06. The van der Waals surface area contributed by atoms with E-state index in [4.69, 9.17) is 13.9 Å². The van der Waals surface area contributed by atoms with Gasteiger partial charge in [0, 0.05) is 16.9 Å². The Labute approximate surface area is 198 Å². The molecule has 33 heavy (non-hydrogen) atoms. The van der Waals surface area contributed by atoms with Crippen LogP contribution in [0.5, 0.6) is 5.75 Å². The summed E-state index contributed by atoms with van der Waals surface area (Å²) in [4.78, 5) is 18.2. The molecule has 0 saturated carbocycles. The lowest BCUT2D eigenvalue weighted by molar-refractivity contribution is -0.146. The molecule has 2 aromatic carbocycles. The van der Waals surface area contributed by atoms with Crippen molar-refractivity contribution in [3.8, 4) is 17.2 Å². The van der Waals surface area contributed by atoms with Crippen molar-refractivity contribution in [2.75, 3.05) is 13.7 Å². The molecule has 2 heterocycles. The van der Waals surface area contributed by atoms with E-state index in [0.717, 1.165) is 33.2 Å². The lowest BCUT2D eigenvalue weighted by Gasteiger charge is -2.25. The van der Waals surface area contributed by atoms with Crippen molar-refractivity contribution in [2.45, 2.75) is 32.1 Å². The maximum absolute atomic E-state index is 12.5. The van der Waals surface area contributed by atoms with Crippen molar-refractivity contribution < 1.29 is 18.7 Å². The first kappa shape index (κ1) is 22.8. The molecule has 0 bridgehead atoms. The Hall–Kier alpha value is -3.38. The van der Waals surface area contributed by atoms with E-state index in [1.54, 1.807) is 11.3 Å². The molecule has 0 fully saturated rings. The number of ether oxygens (including phenoxy) is 2. The summed E-state index contributed by atoms with van der Waals surface area (Å²) >= 11 is 1.57. The van der Waals surface area contributed by atoms with E-state index in [1.165, 1.54) is 7.11 Å². The Kier molecular flexibility index (Phi) is 6.94. The number of thiophene rings is 1. The Balaban J connectivity index is 1.37. The standard InChI is InChI=1S/C27H27NO4S/c1-19-23(28-25(32-19)21-8-5-4-6-9-21)15-16-31-22-13-11-20(12-14-22)18-27(2,26(29)30-3)24-10-7-17-33-24/h4-14,17H,15-16,18H2,1-3H3. The van der Waals surface area contributed by atoms with Crippen LogP contribution in [0.2, 0.25) is 0 Å². The minimum absolute atomic E-state index is 0.233. The molecule has 0 aliphatic heterocycles. The largest absolute Gasteiger partial charge is 0.493 e. The molecule has 0 spiro atoms. The molecule has 170 valence electrons. The van der Waals surface area contributed by atoms with Crippen molar-refractivity contribution in [2.24, 2.45) is 0 Å². The number of rotatable bonds is 9. The van der Waals surface area contributed by atoms with Gasteiger partial charge in [0.2, 0.25) is 5.89 Å². The fourth-order valence-electron chi connectivity index (χ4n) is 3.82. The van der Waals surface area contributed by atoms with E-state index in [0.29, 0.717) is 25.3 Å². The summed E-state index contributed by atoms with van der Waals surface area (Å²) in [5.74, 6) is 1.98. The third-order valence-corrected chi connectivity index (χ3v) is 6.84. The van der Waals surface area contributed by atoms with Crippen LogP contribution in [0.1, 0.15) is 28.8 Å². The number of nitrogens with zero attached hydrogens (tertiary/aromatic N) is 1. The number of benzene rings is 2. The Morgan fingerprint density at radius 2 is 1.82 bits per heavy atom. The molecule has 1 unspecified atom stereocenters. The number of oxazole rings is 1. The van der Waals surface area contributed by atoms with Gasteiger partial charge < -0.3 is 13.9 Å². The molecule has 0 saturated heterocycles. The van der Waals surface area contributed by atoms with Crippen molar-refractivity contribution >= 4 is 17.3 Å². The zero-order valence-electron chi connectivity index (χ0n) is 19.0. The predicted molar refractivity (Wildman–Crippen MR) is 130 cm³/mol. The molecule has 0 aliphatic rings. The first-order valence-electron chi connectivity index (χ1n) is 10.9. The molecule has 0 N–H and O–H groups in total. The Bertz CT molecular complexity index is 1180. The van der Waals surface area contributed by atoms with E-state index in [2.05, 4.69) is 4.98 Å². The highest BCUT2D eigenvalue weighted by Crippen LogP contribution is 2.33. The lowest BCUT2D eigenvalue weighted by Crippen LogP contribution is -2.35. The summed E-state index contributed by atoms with van der Waals surface area (Å²) in [5, 5.41) is 1.98. The summed E-state index contributed by atoms with van der Waals surface area (Å²) in [6.45, 7) is 4.35. The molecular formula is C27H27NO4S. The molecule has 0 aliphatic carbocycles. The van der Waals surface area contributed by atoms with Crippen LogP contribution in [0.25, 0.3) is 11.5 Å². The van der Waals surface area contributed by atoms with Crippen LogP contribution < -0.4 is 4.74 Å². The fourth-order valence-corrected chi connectivity index (χ4v) is 4.70. The van der Waals surface area contributed by atoms with Gasteiger partial charge in [-0.25, -0.2) is 4.98 Å². The van der Waals surface area contributed by atoms with Gasteiger partial charge in [-0.05, 0) is 61.5 Å². The average Bonchev–Trinajstić information content (AvgIpc) is 3.51. The van der Waals surface area contributed by atoms with E-state index in [1.807, 2.05) is 86.0 Å². The molecule has 6 heteroatoms. The molecule has 1 atom stereocenters. The fraction of sp³-hybridized carbons (Fsp3) is 0.259. The van der Waals surface area contributed by atoms with E-state index < -0.39 is 5.41 Å². The maximum Gasteiger partial charge on any atom is 0.317 e. The molecule has 0 amide bonds. The third kappa shape index (κ3) is 5.17. The highest BCUT2D eigenvalue weighted by Gasteiger charge is 2.37. The monoisotopic (exact) mass is 461 g/mol. The second kappa shape index (κ2) is 10.0. The molecular weight excluding hydrogens is 434 g/mol. The number of aryl methyl sites for hydroxylation is 1. The van der Waals surface area contributed by atoms with Crippen molar-refractivity contribution in [1.29, 1.82) is 0 Å². The van der Waals surface area contributed by atoms with Gasteiger partial charge in [0.25, 0.3) is 0 Å². The second-order valence-electron chi connectivity index (χ2n) is 8.11. The van der Waals surface area contributed by atoms with Gasteiger partial charge in [0.05, 0.1) is 19.4 Å². The van der Waals surface area contributed by atoms with Crippen LogP contribution in [-0.4, -0.2) is 24.7 Å². The number of hydrogen-bond acceptors (Lipinski definition) is 6. The number of esters is 1. The maximum atomic E-state index is 12.5. The summed E-state index contributed by atoms with van der Waals surface area (Å²) in [7, 11) is 1.44. The lowest BCUT2D eigenvalue weighted by atomic mass is 9.82. The summed E-state index contributed by atoms with van der Waals surface area (Å²) in [6.07, 6.45) is 1.21. The third-order valence-electron chi connectivity index (χ3n) is 5.70. The number of aromatic nitrogens is 1. The van der Waals surface area contributed by atoms with Gasteiger partial charge >= 0.3 is 5.97 Å². The van der Waals surface area contributed by atoms with Crippen LogP contribution >= 0.6 is 11.3 Å². The minimum Gasteiger partial charge on any atom is -0.493 e. The molecule has 5 nitrogen and oxygen atoms in total. The molecule has 2 aromatic heterocycles. The summed E-state index contributed by atoms with van der Waals surface area (Å²) in [5.41, 5.74) is 2.19. The zero-order chi connectivity index (χ0) is 23.3. The molecule has 0 radical (unpaired) electrons. The number of methoxy groups -OCH3 is 1. The first-order valence-corrected chi connectivity index (χ1v) is 11.7. The summed E-state index contributed by atoms with van der Waals surface area (Å²) in [6, 6.07) is 21.7. The van der Waals surface area contributed by atoms with Crippen LogP contribution in [0.3, 0.4) is 0 Å². The molecule has 4 aromatic rings. The van der Waals surface area contributed by atoms with E-state index in [-0.39, 0.29) is 5.97 Å². The number of carbonyl (C=O) groups is 1. The van der Waals surface area contributed by atoms with Crippen LogP contribution in [0.4, 0.5) is 0 Å². The molecule has 4 rings (SSSR count). The van der Waals surface area contributed by atoms with E-state index in [9.17, 15) is 4.79 Å². The van der Waals surface area contributed by atoms with Crippen LogP contribution in [-0.2, 0) is 27.8 Å². The first-order chi connectivity index (χ1) is 16.0. The van der Waals surface area contributed by atoms with Gasteiger partial charge in [-0.1, -0.05) is 36.4 Å². The van der Waals surface area contributed by atoms with Crippen molar-refractivity contribution in [3.05, 3.63) is 94.0 Å². The topological polar surface area (TPSA) is 61.6 Å². The SMILES string of the molecule is COC(=O)C(C)(Cc1ccc(OCCc2nc(-c3ccccc3)oc2C)cc1)c1cccs1. The van der Waals surface area contributed by atoms with Gasteiger partial charge in [0.1, 0.15) is 16.9 Å². The van der Waals surface area contributed by atoms with Crippen LogP contribution in [0, 0.1) is 6.92 Å². The zero-order valence-corrected chi connectivity index (χ0v) is 19.9. The number of hydrogen-bond donors (Lipinski definition) is 0. The quantitative estimate of drug-likeness (QED) is 0.286. The Morgan fingerprint density at radius 1 is 1.06 bits per heavy atom. The Morgan fingerprint density at radius 3 is 2.48 bits per heavy atom. The smallest absolute Gasteiger partial charge is 0.317 e. The van der Waals surface area contributed by atoms with Gasteiger partial charge in [0.15, 0.2) is 0 Å².